The minimum absolute atomic E-state index is 0.0554. The molecule has 1 unspecified atom stereocenters. The molecule has 3 aromatic heterocycles. The largest absolute Gasteiger partial charge is 0.352 e. The zero-order chi connectivity index (χ0) is 19.5. The maximum absolute atomic E-state index is 12.5. The normalized spacial score (nSPS) is 15.7. The monoisotopic (exact) mass is 398 g/mol. The molecule has 0 bridgehead atoms. The fourth-order valence-electron chi connectivity index (χ4n) is 3.06. The summed E-state index contributed by atoms with van der Waals surface area (Å²) in [5.41, 5.74) is 2.03. The third kappa shape index (κ3) is 3.77. The van der Waals surface area contributed by atoms with Crippen LogP contribution in [0.25, 0.3) is 10.6 Å². The van der Waals surface area contributed by atoms with Crippen molar-refractivity contribution in [1.82, 2.24) is 30.7 Å². The molecule has 3 aromatic rings. The Hall–Kier alpha value is -3.14. The molecule has 4 rings (SSSR count). The molecular formula is C18H18N6O3S. The van der Waals surface area contributed by atoms with E-state index in [1.54, 1.807) is 23.7 Å². The Morgan fingerprint density at radius 1 is 1.29 bits per heavy atom. The molecule has 144 valence electrons. The first-order valence-corrected chi connectivity index (χ1v) is 9.67. The zero-order valence-corrected chi connectivity index (χ0v) is 16.0. The van der Waals surface area contributed by atoms with Crippen LogP contribution in [0.3, 0.4) is 0 Å². The number of aromatic nitrogens is 4. The molecule has 10 heteroatoms. The number of hydrogen-bond acceptors (Lipinski definition) is 8. The van der Waals surface area contributed by atoms with Gasteiger partial charge in [0.25, 0.3) is 11.7 Å². The van der Waals surface area contributed by atoms with Gasteiger partial charge in [-0.1, -0.05) is 5.16 Å². The van der Waals surface area contributed by atoms with Gasteiger partial charge in [-0.15, -0.1) is 11.3 Å². The first-order chi connectivity index (χ1) is 13.6. The Morgan fingerprint density at radius 3 is 2.89 bits per heavy atom. The van der Waals surface area contributed by atoms with Gasteiger partial charge >= 0.3 is 0 Å². The maximum Gasteiger partial charge on any atom is 0.292 e. The summed E-state index contributed by atoms with van der Waals surface area (Å²) in [7, 11) is 1.48. The van der Waals surface area contributed by atoms with Crippen LogP contribution >= 0.6 is 11.3 Å². The lowest BCUT2D eigenvalue weighted by Gasteiger charge is -2.19. The van der Waals surface area contributed by atoms with Gasteiger partial charge in [-0.2, -0.15) is 4.98 Å². The molecule has 0 aliphatic heterocycles. The van der Waals surface area contributed by atoms with Crippen LogP contribution in [0.15, 0.2) is 29.0 Å². The summed E-state index contributed by atoms with van der Waals surface area (Å²) in [6.45, 7) is 0.0888. The number of nitrogens with zero attached hydrogens (tertiary/aromatic N) is 4. The topological polar surface area (TPSA) is 123 Å². The first-order valence-electron chi connectivity index (χ1n) is 8.85. The lowest BCUT2D eigenvalue weighted by Crippen LogP contribution is -2.33. The third-order valence-corrected chi connectivity index (χ3v) is 5.75. The fraction of sp³-hybridized carbons (Fsp3) is 0.333. The van der Waals surface area contributed by atoms with Crippen molar-refractivity contribution in [3.05, 3.63) is 46.8 Å². The van der Waals surface area contributed by atoms with Crippen LogP contribution in [0.4, 0.5) is 0 Å². The van der Waals surface area contributed by atoms with Gasteiger partial charge in [0.15, 0.2) is 0 Å². The van der Waals surface area contributed by atoms with E-state index in [9.17, 15) is 9.59 Å². The average Bonchev–Trinajstić information content (AvgIpc) is 3.38. The summed E-state index contributed by atoms with van der Waals surface area (Å²) in [6.07, 6.45) is 5.70. The van der Waals surface area contributed by atoms with Crippen molar-refractivity contribution in [1.29, 1.82) is 0 Å². The fourth-order valence-corrected chi connectivity index (χ4v) is 4.17. The van der Waals surface area contributed by atoms with Gasteiger partial charge < -0.3 is 15.2 Å². The molecule has 28 heavy (non-hydrogen) atoms. The average molecular weight is 398 g/mol. The standard InChI is InChI=1S/C18H18N6O3S/c1-19-17(26)15-23-14(27-24-15)9-21-16(25)11-2-3-13-12(8-11)22-18(28-13)10-4-6-20-7-5-10/h4-7,11H,2-3,8-9H2,1H3,(H,19,26)(H,21,25). The first kappa shape index (κ1) is 18.2. The third-order valence-electron chi connectivity index (χ3n) is 4.55. The van der Waals surface area contributed by atoms with Crippen LogP contribution in [0.5, 0.6) is 0 Å². The van der Waals surface area contributed by atoms with E-state index in [4.69, 9.17) is 9.51 Å². The smallest absolute Gasteiger partial charge is 0.292 e. The second kappa shape index (κ2) is 7.85. The van der Waals surface area contributed by atoms with Crippen LogP contribution in [0, 0.1) is 5.92 Å². The SMILES string of the molecule is CNC(=O)c1noc(CNC(=O)C2CCc3sc(-c4ccncc4)nc3C2)n1. The van der Waals surface area contributed by atoms with Gasteiger partial charge in [0.1, 0.15) is 5.01 Å². The molecule has 0 saturated carbocycles. The van der Waals surface area contributed by atoms with Gasteiger partial charge in [0.2, 0.25) is 11.8 Å². The quantitative estimate of drug-likeness (QED) is 0.665. The van der Waals surface area contributed by atoms with Crippen molar-refractivity contribution in [3.8, 4) is 10.6 Å². The number of carbonyl (C=O) groups is 2. The molecule has 2 N–H and O–H groups in total. The summed E-state index contributed by atoms with van der Waals surface area (Å²) in [5.74, 6) is -0.531. The predicted molar refractivity (Wildman–Crippen MR) is 100 cm³/mol. The number of nitrogens with one attached hydrogen (secondary N) is 2. The van der Waals surface area contributed by atoms with Gasteiger partial charge in [-0.3, -0.25) is 14.6 Å². The number of pyridine rings is 1. The highest BCUT2D eigenvalue weighted by Gasteiger charge is 2.28. The van der Waals surface area contributed by atoms with Gasteiger partial charge in [-0.25, -0.2) is 4.98 Å². The molecular weight excluding hydrogens is 380 g/mol. The minimum Gasteiger partial charge on any atom is -0.352 e. The number of fused-ring (bicyclic) bond motifs is 1. The maximum atomic E-state index is 12.5. The van der Waals surface area contributed by atoms with E-state index in [0.717, 1.165) is 29.1 Å². The predicted octanol–water partition coefficient (Wildman–Crippen LogP) is 1.37. The van der Waals surface area contributed by atoms with Crippen molar-refractivity contribution in [2.24, 2.45) is 5.92 Å². The van der Waals surface area contributed by atoms with E-state index < -0.39 is 5.91 Å². The molecule has 0 saturated heterocycles. The molecule has 1 aliphatic carbocycles. The van der Waals surface area contributed by atoms with Crippen LogP contribution in [0.2, 0.25) is 0 Å². The molecule has 0 radical (unpaired) electrons. The molecule has 0 aromatic carbocycles. The summed E-state index contributed by atoms with van der Waals surface area (Å²) in [4.78, 5) is 37.9. The highest BCUT2D eigenvalue weighted by molar-refractivity contribution is 7.15. The lowest BCUT2D eigenvalue weighted by molar-refractivity contribution is -0.125. The molecule has 1 atom stereocenters. The van der Waals surface area contributed by atoms with E-state index in [0.29, 0.717) is 6.42 Å². The Labute approximate surface area is 164 Å². The number of thiazole rings is 1. The van der Waals surface area contributed by atoms with Gasteiger partial charge in [-0.05, 0) is 25.0 Å². The van der Waals surface area contributed by atoms with E-state index >= 15 is 0 Å². The number of rotatable bonds is 5. The minimum atomic E-state index is -0.435. The summed E-state index contributed by atoms with van der Waals surface area (Å²) >= 11 is 1.68. The molecule has 0 fully saturated rings. The highest BCUT2D eigenvalue weighted by Crippen LogP contribution is 2.34. The van der Waals surface area contributed by atoms with Gasteiger partial charge in [0, 0.05) is 42.2 Å². The van der Waals surface area contributed by atoms with Crippen molar-refractivity contribution in [2.45, 2.75) is 25.8 Å². The van der Waals surface area contributed by atoms with Crippen molar-refractivity contribution >= 4 is 23.2 Å². The summed E-state index contributed by atoms with van der Waals surface area (Å²) in [5, 5.41) is 9.76. The second-order valence-corrected chi connectivity index (χ2v) is 7.46. The van der Waals surface area contributed by atoms with E-state index in [2.05, 4.69) is 25.8 Å². The van der Waals surface area contributed by atoms with Crippen LogP contribution in [-0.2, 0) is 24.2 Å². The van der Waals surface area contributed by atoms with Crippen molar-refractivity contribution in [3.63, 3.8) is 0 Å². The van der Waals surface area contributed by atoms with Crippen LogP contribution in [0.1, 0.15) is 33.5 Å². The number of hydrogen-bond donors (Lipinski definition) is 2. The lowest BCUT2D eigenvalue weighted by atomic mass is 9.90. The Bertz CT molecular complexity index is 1000. The molecule has 9 nitrogen and oxygen atoms in total. The molecule has 3 heterocycles. The molecule has 1 aliphatic rings. The Morgan fingerprint density at radius 2 is 2.11 bits per heavy atom. The van der Waals surface area contributed by atoms with Crippen LogP contribution < -0.4 is 10.6 Å². The molecule has 2 amide bonds. The van der Waals surface area contributed by atoms with Crippen molar-refractivity contribution in [2.75, 3.05) is 7.05 Å². The summed E-state index contributed by atoms with van der Waals surface area (Å²) < 4.78 is 4.98. The van der Waals surface area contributed by atoms with E-state index in [-0.39, 0.29) is 30.1 Å². The van der Waals surface area contributed by atoms with E-state index in [1.165, 1.54) is 11.9 Å². The highest BCUT2D eigenvalue weighted by atomic mass is 32.1. The van der Waals surface area contributed by atoms with Crippen molar-refractivity contribution < 1.29 is 14.1 Å². The number of carbonyl (C=O) groups excluding carboxylic acids is 2. The number of aryl methyl sites for hydroxylation is 1. The Kier molecular flexibility index (Phi) is 5.11. The van der Waals surface area contributed by atoms with E-state index in [1.807, 2.05) is 12.1 Å². The zero-order valence-electron chi connectivity index (χ0n) is 15.1. The van der Waals surface area contributed by atoms with Crippen LogP contribution in [-0.4, -0.2) is 39.0 Å². The summed E-state index contributed by atoms with van der Waals surface area (Å²) in [6, 6.07) is 3.87. The molecule has 0 spiro atoms. The second-order valence-electron chi connectivity index (χ2n) is 6.37. The Balaban J connectivity index is 1.37. The number of amides is 2. The van der Waals surface area contributed by atoms with Gasteiger partial charge in [0.05, 0.1) is 12.2 Å².